The number of nitro groups is 1. The predicted molar refractivity (Wildman–Crippen MR) is 92.1 cm³/mol. The lowest BCUT2D eigenvalue weighted by Crippen LogP contribution is -2.50. The second-order valence-electron chi connectivity index (χ2n) is 5.48. The van der Waals surface area contributed by atoms with E-state index in [-0.39, 0.29) is 28.7 Å². The third kappa shape index (κ3) is 3.44. The SMILES string of the molecule is O=[N+]([O-])c1ccc[nH+]c1N1CCN(S(=O)(=O)c2ccccc2Cl)CC1. The molecule has 1 aliphatic heterocycles. The van der Waals surface area contributed by atoms with E-state index in [0.717, 1.165) is 0 Å². The van der Waals surface area contributed by atoms with Gasteiger partial charge >= 0.3 is 11.5 Å². The van der Waals surface area contributed by atoms with E-state index in [1.165, 1.54) is 22.5 Å². The summed E-state index contributed by atoms with van der Waals surface area (Å²) in [6.45, 7) is 1.11. The molecular formula is C15H16ClN4O4S+. The summed E-state index contributed by atoms with van der Waals surface area (Å²) >= 11 is 6.01. The number of aromatic nitrogens is 1. The van der Waals surface area contributed by atoms with E-state index in [1.54, 1.807) is 29.3 Å². The topological polar surface area (TPSA) is 97.9 Å². The Morgan fingerprint density at radius 3 is 2.40 bits per heavy atom. The molecule has 10 heteroatoms. The third-order valence-electron chi connectivity index (χ3n) is 4.02. The molecule has 0 radical (unpaired) electrons. The van der Waals surface area contributed by atoms with E-state index in [2.05, 4.69) is 4.98 Å². The molecule has 1 aromatic carbocycles. The summed E-state index contributed by atoms with van der Waals surface area (Å²) in [5.74, 6) is 0.377. The van der Waals surface area contributed by atoms with Crippen LogP contribution in [0.1, 0.15) is 0 Å². The Labute approximate surface area is 149 Å². The van der Waals surface area contributed by atoms with Crippen molar-refractivity contribution in [2.45, 2.75) is 4.90 Å². The minimum absolute atomic E-state index is 0.0371. The molecule has 1 fully saturated rings. The number of H-pyrrole nitrogens is 1. The summed E-state index contributed by atoms with van der Waals surface area (Å²) in [6, 6.07) is 9.27. The van der Waals surface area contributed by atoms with Gasteiger partial charge in [-0.1, -0.05) is 23.7 Å². The van der Waals surface area contributed by atoms with Gasteiger partial charge in [0.25, 0.3) is 0 Å². The van der Waals surface area contributed by atoms with Gasteiger partial charge in [-0.3, -0.25) is 15.0 Å². The molecule has 0 amide bonds. The van der Waals surface area contributed by atoms with Crippen LogP contribution in [0.5, 0.6) is 0 Å². The van der Waals surface area contributed by atoms with Crippen LogP contribution in [0.4, 0.5) is 11.5 Å². The van der Waals surface area contributed by atoms with Crippen LogP contribution < -0.4 is 9.88 Å². The van der Waals surface area contributed by atoms with Crippen LogP contribution in [-0.2, 0) is 10.0 Å². The first kappa shape index (κ1) is 17.6. The Bertz CT molecular complexity index is 898. The largest absolute Gasteiger partial charge is 0.357 e. The van der Waals surface area contributed by atoms with Gasteiger partial charge in [0.05, 0.1) is 42.3 Å². The summed E-state index contributed by atoms with van der Waals surface area (Å²) in [7, 11) is -3.69. The molecule has 0 saturated carbocycles. The van der Waals surface area contributed by atoms with Crippen molar-refractivity contribution < 1.29 is 18.3 Å². The molecule has 1 aromatic heterocycles. The standard InChI is InChI=1S/C15H15ClN4O4S/c16-12-4-1-2-6-14(12)25(23,24)19-10-8-18(9-11-19)15-13(20(21)22)5-3-7-17-15/h1-7H,8-11H2/p+1. The molecule has 2 aromatic rings. The fourth-order valence-electron chi connectivity index (χ4n) is 2.76. The van der Waals surface area contributed by atoms with Crippen LogP contribution in [-0.4, -0.2) is 43.8 Å². The number of rotatable bonds is 4. The smallest absolute Gasteiger partial charge is 0.258 e. The van der Waals surface area contributed by atoms with E-state index in [0.29, 0.717) is 18.9 Å². The van der Waals surface area contributed by atoms with Crippen molar-refractivity contribution in [3.63, 3.8) is 0 Å². The van der Waals surface area contributed by atoms with Crippen LogP contribution in [0.2, 0.25) is 5.02 Å². The van der Waals surface area contributed by atoms with Crippen LogP contribution in [0.25, 0.3) is 0 Å². The number of aromatic amines is 1. The maximum Gasteiger partial charge on any atom is 0.357 e. The Kier molecular flexibility index (Phi) is 4.89. The first-order valence-electron chi connectivity index (χ1n) is 7.56. The molecule has 0 spiro atoms. The van der Waals surface area contributed by atoms with Crippen LogP contribution >= 0.6 is 11.6 Å². The van der Waals surface area contributed by atoms with E-state index in [1.807, 2.05) is 0 Å². The average Bonchev–Trinajstić information content (AvgIpc) is 2.62. The van der Waals surface area contributed by atoms with Crippen molar-refractivity contribution >= 4 is 33.1 Å². The average molecular weight is 384 g/mol. The van der Waals surface area contributed by atoms with Gasteiger partial charge in [-0.25, -0.2) is 13.4 Å². The van der Waals surface area contributed by atoms with E-state index < -0.39 is 14.9 Å². The summed E-state index contributed by atoms with van der Waals surface area (Å²) < 4.78 is 26.8. The van der Waals surface area contributed by atoms with Crippen molar-refractivity contribution in [3.8, 4) is 0 Å². The number of hydrogen-bond donors (Lipinski definition) is 0. The molecule has 1 aliphatic rings. The Hall–Kier alpha value is -2.23. The number of sulfonamides is 1. The number of halogens is 1. The number of hydrogen-bond acceptors (Lipinski definition) is 5. The molecule has 0 atom stereocenters. The summed E-state index contributed by atoms with van der Waals surface area (Å²) in [6.07, 6.45) is 1.61. The predicted octanol–water partition coefficient (Wildman–Crippen LogP) is 1.57. The molecule has 3 rings (SSSR count). The number of pyridine rings is 1. The van der Waals surface area contributed by atoms with Crippen LogP contribution in [0, 0.1) is 10.1 Å². The van der Waals surface area contributed by atoms with Crippen molar-refractivity contribution in [3.05, 3.63) is 57.7 Å². The van der Waals surface area contributed by atoms with Crippen LogP contribution in [0.15, 0.2) is 47.5 Å². The van der Waals surface area contributed by atoms with E-state index >= 15 is 0 Å². The van der Waals surface area contributed by atoms with Crippen molar-refractivity contribution in [2.24, 2.45) is 0 Å². The van der Waals surface area contributed by atoms with E-state index in [9.17, 15) is 18.5 Å². The van der Waals surface area contributed by atoms with Gasteiger partial charge in [0.1, 0.15) is 4.90 Å². The molecule has 8 nitrogen and oxygen atoms in total. The number of nitrogens with zero attached hydrogens (tertiary/aromatic N) is 3. The van der Waals surface area contributed by atoms with Crippen molar-refractivity contribution in [2.75, 3.05) is 31.1 Å². The summed E-state index contributed by atoms with van der Waals surface area (Å²) in [5.41, 5.74) is -0.0371. The highest BCUT2D eigenvalue weighted by Gasteiger charge is 2.35. The molecular weight excluding hydrogens is 368 g/mol. The lowest BCUT2D eigenvalue weighted by Gasteiger charge is -2.30. The first-order chi connectivity index (χ1) is 11.9. The van der Waals surface area contributed by atoms with Gasteiger partial charge in [0, 0.05) is 6.07 Å². The Morgan fingerprint density at radius 1 is 1.08 bits per heavy atom. The van der Waals surface area contributed by atoms with Crippen LogP contribution in [0.3, 0.4) is 0 Å². The zero-order valence-corrected chi connectivity index (χ0v) is 14.7. The second-order valence-corrected chi connectivity index (χ2v) is 7.80. The lowest BCUT2D eigenvalue weighted by molar-refractivity contribution is -0.411. The number of nitrogens with one attached hydrogen (secondary N) is 1. The molecule has 0 unspecified atom stereocenters. The molecule has 2 heterocycles. The fourth-order valence-corrected chi connectivity index (χ4v) is 4.68. The summed E-state index contributed by atoms with van der Waals surface area (Å²) in [4.78, 5) is 15.4. The second kappa shape index (κ2) is 6.95. The van der Waals surface area contributed by atoms with Gasteiger partial charge in [0.15, 0.2) is 0 Å². The number of benzene rings is 1. The highest BCUT2D eigenvalue weighted by atomic mass is 35.5. The van der Waals surface area contributed by atoms with Gasteiger partial charge < -0.3 is 0 Å². The highest BCUT2D eigenvalue weighted by Crippen LogP contribution is 2.27. The third-order valence-corrected chi connectivity index (χ3v) is 6.42. The zero-order chi connectivity index (χ0) is 18.0. The summed E-state index contributed by atoms with van der Waals surface area (Å²) in [5, 5.41) is 11.3. The normalized spacial score (nSPS) is 16.0. The fraction of sp³-hybridized carbons (Fsp3) is 0.267. The van der Waals surface area contributed by atoms with Gasteiger partial charge in [-0.2, -0.15) is 4.31 Å². The Morgan fingerprint density at radius 2 is 1.76 bits per heavy atom. The zero-order valence-electron chi connectivity index (χ0n) is 13.1. The number of anilines is 1. The minimum Gasteiger partial charge on any atom is -0.258 e. The minimum atomic E-state index is -3.69. The van der Waals surface area contributed by atoms with Crippen molar-refractivity contribution in [1.29, 1.82) is 0 Å². The van der Waals surface area contributed by atoms with Gasteiger partial charge in [-0.15, -0.1) is 0 Å². The van der Waals surface area contributed by atoms with Crippen molar-refractivity contribution in [1.82, 2.24) is 4.31 Å². The molecule has 25 heavy (non-hydrogen) atoms. The Balaban J connectivity index is 1.79. The van der Waals surface area contributed by atoms with E-state index in [4.69, 9.17) is 11.6 Å². The molecule has 0 bridgehead atoms. The molecule has 132 valence electrons. The lowest BCUT2D eigenvalue weighted by atomic mass is 10.3. The molecule has 1 saturated heterocycles. The highest BCUT2D eigenvalue weighted by molar-refractivity contribution is 7.89. The maximum absolute atomic E-state index is 12.7. The van der Waals surface area contributed by atoms with Gasteiger partial charge in [-0.05, 0) is 18.2 Å². The van der Waals surface area contributed by atoms with Gasteiger partial charge in [0.2, 0.25) is 10.0 Å². The molecule has 1 N–H and O–H groups in total. The quantitative estimate of drug-likeness (QED) is 0.589. The number of piperazine rings is 1. The maximum atomic E-state index is 12.7. The molecule has 0 aliphatic carbocycles. The monoisotopic (exact) mass is 383 g/mol. The first-order valence-corrected chi connectivity index (χ1v) is 9.38.